The molecule has 1 aliphatic rings. The molecule has 0 radical (unpaired) electrons. The molecule has 0 saturated heterocycles. The number of fused-ring (bicyclic) bond motifs is 3. The summed E-state index contributed by atoms with van der Waals surface area (Å²) >= 11 is 0. The Kier molecular flexibility index (Phi) is 8.20. The third-order valence-corrected chi connectivity index (χ3v) is 6.67. The third-order valence-electron chi connectivity index (χ3n) is 6.67. The Balaban J connectivity index is 1.61. The molecule has 7 heteroatoms. The van der Waals surface area contributed by atoms with Gasteiger partial charge in [0.25, 0.3) is 0 Å². The van der Waals surface area contributed by atoms with E-state index < -0.39 is 29.6 Å². The molecule has 3 N–H and O–H groups in total. The van der Waals surface area contributed by atoms with E-state index in [-0.39, 0.29) is 30.8 Å². The second-order valence-electron chi connectivity index (χ2n) is 10.3. The van der Waals surface area contributed by atoms with Crippen molar-refractivity contribution in [1.82, 2.24) is 10.6 Å². The van der Waals surface area contributed by atoms with Gasteiger partial charge in [-0.15, -0.1) is 0 Å². The van der Waals surface area contributed by atoms with Crippen LogP contribution in [0.2, 0.25) is 0 Å². The van der Waals surface area contributed by atoms with E-state index in [1.165, 1.54) is 0 Å². The minimum Gasteiger partial charge on any atom is -0.481 e. The first-order valence-corrected chi connectivity index (χ1v) is 12.2. The number of carboxylic acids is 1. The van der Waals surface area contributed by atoms with E-state index in [1.54, 1.807) is 20.8 Å². The van der Waals surface area contributed by atoms with Crippen molar-refractivity contribution in [1.29, 1.82) is 0 Å². The molecule has 0 spiro atoms. The number of amides is 2. The second kappa shape index (κ2) is 10.9. The number of hydrogen-bond donors (Lipinski definition) is 3. The van der Waals surface area contributed by atoms with Crippen molar-refractivity contribution in [3.05, 3.63) is 59.7 Å². The van der Waals surface area contributed by atoms with Crippen molar-refractivity contribution in [2.24, 2.45) is 11.8 Å². The maximum atomic E-state index is 13.1. The predicted molar refractivity (Wildman–Crippen MR) is 135 cm³/mol. The van der Waals surface area contributed by atoms with Gasteiger partial charge in [0.2, 0.25) is 5.91 Å². The van der Waals surface area contributed by atoms with Crippen LogP contribution in [0.3, 0.4) is 0 Å². The van der Waals surface area contributed by atoms with Gasteiger partial charge in [-0.25, -0.2) is 4.79 Å². The fraction of sp³-hybridized carbons (Fsp3) is 0.464. The molecule has 0 aliphatic heterocycles. The molecule has 0 bridgehead atoms. The monoisotopic (exact) mass is 480 g/mol. The van der Waals surface area contributed by atoms with Gasteiger partial charge in [0.1, 0.15) is 6.61 Å². The van der Waals surface area contributed by atoms with Crippen LogP contribution in [0.1, 0.15) is 64.5 Å². The number of hydrogen-bond acceptors (Lipinski definition) is 4. The lowest BCUT2D eigenvalue weighted by molar-refractivity contribution is -0.138. The van der Waals surface area contributed by atoms with E-state index in [0.29, 0.717) is 6.42 Å². The standard InChI is InChI=1S/C28H36N2O5/c1-17(2)25(26(33)30-28(4,5)15-14-24(31)32)18(3)29-27(34)35-16-23-21-12-8-6-10-19(21)20-11-7-9-13-22(20)23/h6-13,17-18,23,25H,14-16H2,1-5H3,(H,29,34)(H,30,33)(H,31,32). The first kappa shape index (κ1) is 26.3. The summed E-state index contributed by atoms with van der Waals surface area (Å²) in [5, 5.41) is 14.7. The molecule has 2 unspecified atom stereocenters. The Morgan fingerprint density at radius 3 is 2.03 bits per heavy atom. The summed E-state index contributed by atoms with van der Waals surface area (Å²) in [6.07, 6.45) is -0.289. The quantitative estimate of drug-likeness (QED) is 0.447. The van der Waals surface area contributed by atoms with E-state index in [1.807, 2.05) is 38.1 Å². The Morgan fingerprint density at radius 2 is 1.51 bits per heavy atom. The highest BCUT2D eigenvalue weighted by Gasteiger charge is 2.34. The Bertz CT molecular complexity index is 1030. The number of aliphatic carboxylic acids is 1. The van der Waals surface area contributed by atoms with Gasteiger partial charge < -0.3 is 20.5 Å². The number of carbonyl (C=O) groups is 3. The second-order valence-corrected chi connectivity index (χ2v) is 10.3. The summed E-state index contributed by atoms with van der Waals surface area (Å²) in [7, 11) is 0. The number of alkyl carbamates (subject to hydrolysis) is 1. The van der Waals surface area contributed by atoms with E-state index in [4.69, 9.17) is 9.84 Å². The number of ether oxygens (including phenoxy) is 1. The normalized spacial score (nSPS) is 14.6. The highest BCUT2D eigenvalue weighted by molar-refractivity contribution is 5.81. The lowest BCUT2D eigenvalue weighted by Gasteiger charge is -2.32. The molecule has 35 heavy (non-hydrogen) atoms. The van der Waals surface area contributed by atoms with Gasteiger partial charge in [0.15, 0.2) is 0 Å². The fourth-order valence-corrected chi connectivity index (χ4v) is 4.92. The van der Waals surface area contributed by atoms with Crippen LogP contribution in [-0.2, 0) is 14.3 Å². The first-order chi connectivity index (χ1) is 16.5. The fourth-order valence-electron chi connectivity index (χ4n) is 4.92. The molecular formula is C28H36N2O5. The van der Waals surface area contributed by atoms with Gasteiger partial charge in [0, 0.05) is 23.9 Å². The Morgan fingerprint density at radius 1 is 0.971 bits per heavy atom. The highest BCUT2D eigenvalue weighted by Crippen LogP contribution is 2.44. The molecule has 2 aromatic carbocycles. The van der Waals surface area contributed by atoms with Gasteiger partial charge in [-0.05, 0) is 55.4 Å². The molecule has 3 rings (SSSR count). The molecule has 0 aromatic heterocycles. The lowest BCUT2D eigenvalue weighted by Crippen LogP contribution is -2.53. The van der Waals surface area contributed by atoms with Crippen LogP contribution in [0, 0.1) is 11.8 Å². The molecule has 2 atom stereocenters. The van der Waals surface area contributed by atoms with Crippen LogP contribution in [0.4, 0.5) is 4.79 Å². The van der Waals surface area contributed by atoms with Crippen molar-refractivity contribution in [2.45, 2.75) is 65.0 Å². The molecule has 0 heterocycles. The zero-order valence-corrected chi connectivity index (χ0v) is 21.1. The molecule has 2 aromatic rings. The van der Waals surface area contributed by atoms with Crippen molar-refractivity contribution >= 4 is 18.0 Å². The summed E-state index contributed by atoms with van der Waals surface area (Å²) in [6, 6.07) is 15.8. The predicted octanol–water partition coefficient (Wildman–Crippen LogP) is 4.95. The van der Waals surface area contributed by atoms with E-state index >= 15 is 0 Å². The van der Waals surface area contributed by atoms with Gasteiger partial charge in [0.05, 0.1) is 5.92 Å². The summed E-state index contributed by atoms with van der Waals surface area (Å²) in [6.45, 7) is 9.43. The average molecular weight is 481 g/mol. The van der Waals surface area contributed by atoms with Gasteiger partial charge in [-0.3, -0.25) is 9.59 Å². The molecular weight excluding hydrogens is 444 g/mol. The smallest absolute Gasteiger partial charge is 0.407 e. The topological polar surface area (TPSA) is 105 Å². The van der Waals surface area contributed by atoms with Gasteiger partial charge >= 0.3 is 12.1 Å². The highest BCUT2D eigenvalue weighted by atomic mass is 16.5. The number of nitrogens with one attached hydrogen (secondary N) is 2. The molecule has 188 valence electrons. The van der Waals surface area contributed by atoms with E-state index in [0.717, 1.165) is 22.3 Å². The maximum Gasteiger partial charge on any atom is 0.407 e. The van der Waals surface area contributed by atoms with Crippen LogP contribution in [-0.4, -0.2) is 41.3 Å². The summed E-state index contributed by atoms with van der Waals surface area (Å²) < 4.78 is 5.64. The SMILES string of the molecule is CC(C)C(C(=O)NC(C)(C)CCC(=O)O)C(C)NC(=O)OCC1c2ccccc2-c2ccccc21. The van der Waals surface area contributed by atoms with Crippen LogP contribution in [0.15, 0.2) is 48.5 Å². The van der Waals surface area contributed by atoms with Crippen molar-refractivity contribution in [2.75, 3.05) is 6.61 Å². The summed E-state index contributed by atoms with van der Waals surface area (Å²) in [5.74, 6) is -1.71. The maximum absolute atomic E-state index is 13.1. The molecule has 7 nitrogen and oxygen atoms in total. The Hall–Kier alpha value is -3.35. The lowest BCUT2D eigenvalue weighted by atomic mass is 9.87. The van der Waals surface area contributed by atoms with Crippen molar-refractivity contribution in [3.63, 3.8) is 0 Å². The van der Waals surface area contributed by atoms with Crippen LogP contribution < -0.4 is 10.6 Å². The van der Waals surface area contributed by atoms with Crippen molar-refractivity contribution in [3.8, 4) is 11.1 Å². The largest absolute Gasteiger partial charge is 0.481 e. The van der Waals surface area contributed by atoms with E-state index in [9.17, 15) is 14.4 Å². The molecule has 1 aliphatic carbocycles. The van der Waals surface area contributed by atoms with Gasteiger partial charge in [-0.2, -0.15) is 0 Å². The third kappa shape index (κ3) is 6.41. The summed E-state index contributed by atoms with van der Waals surface area (Å²) in [4.78, 5) is 36.7. The minimum atomic E-state index is -0.905. The number of rotatable bonds is 10. The average Bonchev–Trinajstić information content (AvgIpc) is 3.09. The van der Waals surface area contributed by atoms with Crippen LogP contribution >= 0.6 is 0 Å². The van der Waals surface area contributed by atoms with Crippen LogP contribution in [0.25, 0.3) is 11.1 Å². The number of carboxylic acid groups (broad SMARTS) is 1. The summed E-state index contributed by atoms with van der Waals surface area (Å²) in [5.41, 5.74) is 3.92. The minimum absolute atomic E-state index is 0.0345. The van der Waals surface area contributed by atoms with Crippen molar-refractivity contribution < 1.29 is 24.2 Å². The number of benzene rings is 2. The van der Waals surface area contributed by atoms with E-state index in [2.05, 4.69) is 34.9 Å². The number of carbonyl (C=O) groups excluding carboxylic acids is 2. The zero-order valence-electron chi connectivity index (χ0n) is 21.1. The molecule has 0 fully saturated rings. The molecule has 2 amide bonds. The van der Waals surface area contributed by atoms with Gasteiger partial charge in [-0.1, -0.05) is 62.4 Å². The van der Waals surface area contributed by atoms with Crippen LogP contribution in [0.5, 0.6) is 0 Å². The Labute approximate surface area is 207 Å². The molecule has 0 saturated carbocycles. The zero-order chi connectivity index (χ0) is 25.8. The first-order valence-electron chi connectivity index (χ1n) is 12.2.